The highest BCUT2D eigenvalue weighted by atomic mass is 19.4. The minimum absolute atomic E-state index is 0.228. The molecule has 136 valence electrons. The molecule has 0 radical (unpaired) electrons. The molecule has 1 aliphatic heterocycles. The number of benzene rings is 2. The van der Waals surface area contributed by atoms with Gasteiger partial charge in [-0.05, 0) is 54.8 Å². The van der Waals surface area contributed by atoms with Gasteiger partial charge in [0.15, 0.2) is 11.5 Å². The lowest BCUT2D eigenvalue weighted by atomic mass is 9.94. The van der Waals surface area contributed by atoms with Crippen molar-refractivity contribution in [2.75, 3.05) is 18.5 Å². The topological polar surface area (TPSA) is 47.6 Å². The molecule has 2 aliphatic rings. The summed E-state index contributed by atoms with van der Waals surface area (Å²) < 4.78 is 48.9. The second-order valence-corrected chi connectivity index (χ2v) is 6.47. The van der Waals surface area contributed by atoms with Gasteiger partial charge in [-0.25, -0.2) is 0 Å². The van der Waals surface area contributed by atoms with Gasteiger partial charge in [0, 0.05) is 5.69 Å². The Balaban J connectivity index is 1.53. The maximum absolute atomic E-state index is 12.7. The summed E-state index contributed by atoms with van der Waals surface area (Å²) in [5.41, 5.74) is -0.250. The average Bonchev–Trinajstić information content (AvgIpc) is 3.43. The van der Waals surface area contributed by atoms with Crippen LogP contribution >= 0.6 is 0 Å². The van der Waals surface area contributed by atoms with E-state index in [1.807, 2.05) is 12.1 Å². The van der Waals surface area contributed by atoms with Gasteiger partial charge in [0.05, 0.1) is 11.0 Å². The number of amides is 1. The van der Waals surface area contributed by atoms with Crippen molar-refractivity contribution in [3.8, 4) is 11.5 Å². The van der Waals surface area contributed by atoms with Crippen LogP contribution < -0.4 is 14.8 Å². The van der Waals surface area contributed by atoms with Crippen LogP contribution in [0.4, 0.5) is 18.9 Å². The highest BCUT2D eigenvalue weighted by Gasteiger charge is 2.51. The van der Waals surface area contributed by atoms with Gasteiger partial charge < -0.3 is 14.8 Å². The molecule has 2 aromatic carbocycles. The molecule has 0 atom stereocenters. The molecule has 2 aromatic rings. The van der Waals surface area contributed by atoms with Crippen LogP contribution in [-0.2, 0) is 16.4 Å². The van der Waals surface area contributed by atoms with Crippen LogP contribution in [0.1, 0.15) is 24.0 Å². The van der Waals surface area contributed by atoms with Crippen LogP contribution in [0.15, 0.2) is 42.5 Å². The fourth-order valence-electron chi connectivity index (χ4n) is 3.11. The van der Waals surface area contributed by atoms with E-state index in [4.69, 9.17) is 9.47 Å². The van der Waals surface area contributed by atoms with Crippen molar-refractivity contribution >= 4 is 11.6 Å². The molecule has 1 N–H and O–H groups in total. The van der Waals surface area contributed by atoms with Gasteiger partial charge in [-0.1, -0.05) is 6.07 Å². The molecule has 0 unspecified atom stereocenters. The number of fused-ring (bicyclic) bond motifs is 1. The first-order valence-electron chi connectivity index (χ1n) is 8.27. The lowest BCUT2D eigenvalue weighted by molar-refractivity contribution is -0.137. The first-order valence-corrected chi connectivity index (χ1v) is 8.27. The van der Waals surface area contributed by atoms with Crippen molar-refractivity contribution in [1.82, 2.24) is 0 Å². The largest absolute Gasteiger partial charge is 0.486 e. The SMILES string of the molecule is O=C(Nc1ccc(C(F)(F)F)cc1)C1(c2ccc3c(c2)OCCO3)CC1. The number of hydrogen-bond acceptors (Lipinski definition) is 3. The van der Waals surface area contributed by atoms with E-state index in [0.717, 1.165) is 17.7 Å². The molecular weight excluding hydrogens is 347 g/mol. The molecule has 0 saturated heterocycles. The highest BCUT2D eigenvalue weighted by molar-refractivity contribution is 6.01. The normalized spacial score (nSPS) is 17.5. The molecule has 0 aromatic heterocycles. The maximum Gasteiger partial charge on any atom is 0.416 e. The van der Waals surface area contributed by atoms with Gasteiger partial charge in [-0.15, -0.1) is 0 Å². The third-order valence-corrected chi connectivity index (χ3v) is 4.75. The minimum atomic E-state index is -4.40. The average molecular weight is 363 g/mol. The van der Waals surface area contributed by atoms with E-state index >= 15 is 0 Å². The van der Waals surface area contributed by atoms with Crippen LogP contribution in [0, 0.1) is 0 Å². The van der Waals surface area contributed by atoms with Crippen LogP contribution in [-0.4, -0.2) is 19.1 Å². The van der Waals surface area contributed by atoms with E-state index in [0.29, 0.717) is 43.2 Å². The van der Waals surface area contributed by atoms with Crippen molar-refractivity contribution in [1.29, 1.82) is 0 Å². The summed E-state index contributed by atoms with van der Waals surface area (Å²) in [5.74, 6) is 1.04. The predicted octanol–water partition coefficient (Wildman–Crippen LogP) is 4.15. The summed E-state index contributed by atoms with van der Waals surface area (Å²) in [6.45, 7) is 0.951. The number of hydrogen-bond donors (Lipinski definition) is 1. The summed E-state index contributed by atoms with van der Waals surface area (Å²) >= 11 is 0. The van der Waals surface area contributed by atoms with E-state index in [1.54, 1.807) is 6.07 Å². The van der Waals surface area contributed by atoms with Gasteiger partial charge in [-0.3, -0.25) is 4.79 Å². The molecule has 0 bridgehead atoms. The predicted molar refractivity (Wildman–Crippen MR) is 88.4 cm³/mol. The standard InChI is InChI=1S/C19H16F3NO3/c20-19(21,22)12-1-4-14(5-2-12)23-17(24)18(7-8-18)13-3-6-15-16(11-13)26-10-9-25-15/h1-6,11H,7-10H2,(H,23,24). The number of alkyl halides is 3. The Morgan fingerprint density at radius 3 is 2.23 bits per heavy atom. The molecular formula is C19H16F3NO3. The molecule has 1 fully saturated rings. The summed E-state index contributed by atoms with van der Waals surface area (Å²) in [7, 11) is 0. The van der Waals surface area contributed by atoms with Crippen molar-refractivity contribution < 1.29 is 27.4 Å². The van der Waals surface area contributed by atoms with Crippen LogP contribution in [0.2, 0.25) is 0 Å². The van der Waals surface area contributed by atoms with Crippen molar-refractivity contribution in [2.45, 2.75) is 24.4 Å². The van der Waals surface area contributed by atoms with E-state index in [9.17, 15) is 18.0 Å². The summed E-state index contributed by atoms with van der Waals surface area (Å²) in [5, 5.41) is 2.72. The molecule has 1 amide bonds. The lowest BCUT2D eigenvalue weighted by Gasteiger charge is -2.21. The summed E-state index contributed by atoms with van der Waals surface area (Å²) in [4.78, 5) is 12.7. The van der Waals surface area contributed by atoms with E-state index in [1.165, 1.54) is 12.1 Å². The Labute approximate surface area is 147 Å². The zero-order valence-electron chi connectivity index (χ0n) is 13.7. The van der Waals surface area contributed by atoms with E-state index < -0.39 is 17.2 Å². The number of carbonyl (C=O) groups excluding carboxylic acids is 1. The Morgan fingerprint density at radius 2 is 1.62 bits per heavy atom. The lowest BCUT2D eigenvalue weighted by Crippen LogP contribution is -2.28. The summed E-state index contributed by atoms with van der Waals surface area (Å²) in [6, 6.07) is 9.88. The quantitative estimate of drug-likeness (QED) is 0.891. The van der Waals surface area contributed by atoms with Gasteiger partial charge in [0.2, 0.25) is 5.91 Å². The van der Waals surface area contributed by atoms with Crippen LogP contribution in [0.3, 0.4) is 0 Å². The molecule has 1 heterocycles. The van der Waals surface area contributed by atoms with Gasteiger partial charge in [-0.2, -0.15) is 13.2 Å². The maximum atomic E-state index is 12.7. The van der Waals surface area contributed by atoms with Gasteiger partial charge >= 0.3 is 6.18 Å². The Kier molecular flexibility index (Phi) is 3.82. The number of rotatable bonds is 3. The van der Waals surface area contributed by atoms with Crippen LogP contribution in [0.25, 0.3) is 0 Å². The fraction of sp³-hybridized carbons (Fsp3) is 0.316. The number of ether oxygens (including phenoxy) is 2. The fourth-order valence-corrected chi connectivity index (χ4v) is 3.11. The number of anilines is 1. The first-order chi connectivity index (χ1) is 12.4. The molecule has 26 heavy (non-hydrogen) atoms. The molecule has 0 spiro atoms. The Bertz CT molecular complexity index is 842. The minimum Gasteiger partial charge on any atom is -0.486 e. The van der Waals surface area contributed by atoms with E-state index in [-0.39, 0.29) is 5.91 Å². The number of carbonyl (C=O) groups is 1. The molecule has 7 heteroatoms. The van der Waals surface area contributed by atoms with Crippen molar-refractivity contribution in [3.63, 3.8) is 0 Å². The molecule has 1 saturated carbocycles. The zero-order valence-corrected chi connectivity index (χ0v) is 13.7. The third kappa shape index (κ3) is 2.98. The number of halogens is 3. The second kappa shape index (κ2) is 5.93. The first kappa shape index (κ1) is 16.8. The van der Waals surface area contributed by atoms with Gasteiger partial charge in [0.1, 0.15) is 13.2 Å². The number of nitrogens with one attached hydrogen (secondary N) is 1. The summed E-state index contributed by atoms with van der Waals surface area (Å²) in [6.07, 6.45) is -3.04. The van der Waals surface area contributed by atoms with Gasteiger partial charge in [0.25, 0.3) is 0 Å². The Morgan fingerprint density at radius 1 is 0.962 bits per heavy atom. The zero-order chi connectivity index (χ0) is 18.4. The molecule has 4 rings (SSSR count). The second-order valence-electron chi connectivity index (χ2n) is 6.47. The van der Waals surface area contributed by atoms with E-state index in [2.05, 4.69) is 5.32 Å². The smallest absolute Gasteiger partial charge is 0.416 e. The van der Waals surface area contributed by atoms with Crippen molar-refractivity contribution in [2.24, 2.45) is 0 Å². The van der Waals surface area contributed by atoms with Crippen LogP contribution in [0.5, 0.6) is 11.5 Å². The van der Waals surface area contributed by atoms with Crippen molar-refractivity contribution in [3.05, 3.63) is 53.6 Å². The highest BCUT2D eigenvalue weighted by Crippen LogP contribution is 2.51. The molecule has 4 nitrogen and oxygen atoms in total. The molecule has 1 aliphatic carbocycles. The Hall–Kier alpha value is -2.70. The monoisotopic (exact) mass is 363 g/mol. The third-order valence-electron chi connectivity index (χ3n) is 4.75.